The molecule has 4 rings (SSSR count). The molecule has 0 unspecified atom stereocenters. The first kappa shape index (κ1) is 20.1. The van der Waals surface area contributed by atoms with E-state index in [9.17, 15) is 13.6 Å². The molecule has 1 fully saturated rings. The van der Waals surface area contributed by atoms with Gasteiger partial charge in [-0.2, -0.15) is 0 Å². The zero-order valence-electron chi connectivity index (χ0n) is 16.5. The number of furan rings is 1. The van der Waals surface area contributed by atoms with Crippen LogP contribution in [0.4, 0.5) is 8.78 Å². The predicted octanol–water partition coefficient (Wildman–Crippen LogP) is 5.23. The second-order valence-electron chi connectivity index (χ2n) is 7.55. The number of amides is 1. The van der Waals surface area contributed by atoms with Crippen molar-refractivity contribution in [3.05, 3.63) is 89.4 Å². The summed E-state index contributed by atoms with van der Waals surface area (Å²) in [5.74, 6) is -0.443. The lowest BCUT2D eigenvalue weighted by atomic mass is 9.90. The molecule has 1 aliphatic heterocycles. The molecule has 4 nitrogen and oxygen atoms in total. The number of rotatable bonds is 6. The summed E-state index contributed by atoms with van der Waals surface area (Å²) in [4.78, 5) is 14.5. The Morgan fingerprint density at radius 2 is 1.80 bits per heavy atom. The lowest BCUT2D eigenvalue weighted by Crippen LogP contribution is -2.38. The maximum Gasteiger partial charge on any atom is 0.289 e. The van der Waals surface area contributed by atoms with Crippen LogP contribution in [0.1, 0.15) is 34.7 Å². The summed E-state index contributed by atoms with van der Waals surface area (Å²) in [6.07, 6.45) is 2.95. The Morgan fingerprint density at radius 1 is 1.03 bits per heavy atom. The van der Waals surface area contributed by atoms with Crippen LogP contribution in [0.2, 0.25) is 0 Å². The van der Waals surface area contributed by atoms with E-state index in [1.807, 2.05) is 11.0 Å². The highest BCUT2D eigenvalue weighted by atomic mass is 19.1. The van der Waals surface area contributed by atoms with Crippen molar-refractivity contribution in [1.29, 1.82) is 0 Å². The Balaban J connectivity index is 1.29. The van der Waals surface area contributed by atoms with Gasteiger partial charge >= 0.3 is 0 Å². The SMILES string of the molecule is O=C(c1ccc(COc2ccc(F)cc2F)o1)N1CCC(Cc2ccccc2)CC1. The van der Waals surface area contributed by atoms with Gasteiger partial charge in [0.1, 0.15) is 18.2 Å². The van der Waals surface area contributed by atoms with Crippen LogP contribution in [-0.4, -0.2) is 23.9 Å². The monoisotopic (exact) mass is 411 g/mol. The van der Waals surface area contributed by atoms with Crippen LogP contribution < -0.4 is 4.74 Å². The Kier molecular flexibility index (Phi) is 6.12. The Bertz CT molecular complexity index is 995. The fourth-order valence-corrected chi connectivity index (χ4v) is 3.76. The third-order valence-corrected chi connectivity index (χ3v) is 5.41. The number of carbonyl (C=O) groups is 1. The third kappa shape index (κ3) is 4.87. The van der Waals surface area contributed by atoms with Gasteiger partial charge in [-0.25, -0.2) is 8.78 Å². The highest BCUT2D eigenvalue weighted by Crippen LogP contribution is 2.24. The first-order valence-corrected chi connectivity index (χ1v) is 10.1. The molecule has 156 valence electrons. The highest BCUT2D eigenvalue weighted by Gasteiger charge is 2.25. The topological polar surface area (TPSA) is 42.7 Å². The summed E-state index contributed by atoms with van der Waals surface area (Å²) in [5, 5.41) is 0. The standard InChI is InChI=1S/C24H23F2NO3/c25-19-6-8-22(21(26)15-19)29-16-20-7-9-23(30-20)24(28)27-12-10-18(11-13-27)14-17-4-2-1-3-5-17/h1-9,15,18H,10-14,16H2. The van der Waals surface area contributed by atoms with Crippen LogP contribution >= 0.6 is 0 Å². The van der Waals surface area contributed by atoms with Crippen LogP contribution in [0.5, 0.6) is 5.75 Å². The smallest absolute Gasteiger partial charge is 0.289 e. The van der Waals surface area contributed by atoms with Gasteiger partial charge in [-0.1, -0.05) is 30.3 Å². The molecule has 1 aromatic heterocycles. The van der Waals surface area contributed by atoms with E-state index < -0.39 is 11.6 Å². The average molecular weight is 411 g/mol. The van der Waals surface area contributed by atoms with Gasteiger partial charge in [-0.05, 0) is 55.0 Å². The molecule has 1 saturated heterocycles. The van der Waals surface area contributed by atoms with Gasteiger partial charge in [0.05, 0.1) is 0 Å². The van der Waals surface area contributed by atoms with E-state index in [1.165, 1.54) is 11.6 Å². The molecule has 0 N–H and O–H groups in total. The lowest BCUT2D eigenvalue weighted by Gasteiger charge is -2.31. The zero-order chi connectivity index (χ0) is 20.9. The van der Waals surface area contributed by atoms with E-state index in [1.54, 1.807) is 12.1 Å². The molecule has 1 amide bonds. The van der Waals surface area contributed by atoms with Crippen LogP contribution in [0.15, 0.2) is 65.1 Å². The van der Waals surface area contributed by atoms with Crippen molar-refractivity contribution >= 4 is 5.91 Å². The molecule has 2 heterocycles. The number of hydrogen-bond donors (Lipinski definition) is 0. The molecular weight excluding hydrogens is 388 g/mol. The molecule has 6 heteroatoms. The molecule has 30 heavy (non-hydrogen) atoms. The van der Waals surface area contributed by atoms with Gasteiger partial charge < -0.3 is 14.1 Å². The quantitative estimate of drug-likeness (QED) is 0.558. The van der Waals surface area contributed by atoms with Gasteiger partial charge in [0.15, 0.2) is 17.3 Å². The molecule has 0 aliphatic carbocycles. The van der Waals surface area contributed by atoms with Crippen LogP contribution in [0.25, 0.3) is 0 Å². The molecule has 0 radical (unpaired) electrons. The number of benzene rings is 2. The van der Waals surface area contributed by atoms with Crippen molar-refractivity contribution in [3.8, 4) is 5.75 Å². The van der Waals surface area contributed by atoms with E-state index in [2.05, 4.69) is 24.3 Å². The summed E-state index contributed by atoms with van der Waals surface area (Å²) >= 11 is 0. The van der Waals surface area contributed by atoms with Crippen molar-refractivity contribution in [3.63, 3.8) is 0 Å². The van der Waals surface area contributed by atoms with Crippen LogP contribution in [0, 0.1) is 17.6 Å². The minimum Gasteiger partial charge on any atom is -0.483 e. The van der Waals surface area contributed by atoms with Crippen molar-refractivity contribution in [2.24, 2.45) is 5.92 Å². The minimum absolute atomic E-state index is 0.0466. The summed E-state index contributed by atoms with van der Waals surface area (Å²) in [7, 11) is 0. The maximum absolute atomic E-state index is 13.6. The largest absolute Gasteiger partial charge is 0.483 e. The fraction of sp³-hybridized carbons (Fsp3) is 0.292. The van der Waals surface area contributed by atoms with Gasteiger partial charge in [0, 0.05) is 19.2 Å². The maximum atomic E-state index is 13.6. The molecule has 0 spiro atoms. The minimum atomic E-state index is -0.781. The summed E-state index contributed by atoms with van der Waals surface area (Å²) in [5.41, 5.74) is 1.33. The van der Waals surface area contributed by atoms with Crippen molar-refractivity contribution < 1.29 is 22.7 Å². The molecule has 0 atom stereocenters. The molecule has 0 bridgehead atoms. The summed E-state index contributed by atoms with van der Waals surface area (Å²) in [6, 6.07) is 16.7. The highest BCUT2D eigenvalue weighted by molar-refractivity contribution is 5.91. The summed E-state index contributed by atoms with van der Waals surface area (Å²) in [6.45, 7) is 1.35. The molecular formula is C24H23F2NO3. The molecule has 0 saturated carbocycles. The van der Waals surface area contributed by atoms with Crippen molar-refractivity contribution in [1.82, 2.24) is 4.90 Å². The number of hydrogen-bond acceptors (Lipinski definition) is 3. The number of halogens is 2. The number of piperidine rings is 1. The second-order valence-corrected chi connectivity index (χ2v) is 7.55. The fourth-order valence-electron chi connectivity index (χ4n) is 3.76. The zero-order valence-corrected chi connectivity index (χ0v) is 16.5. The lowest BCUT2D eigenvalue weighted by molar-refractivity contribution is 0.0654. The number of ether oxygens (including phenoxy) is 1. The predicted molar refractivity (Wildman–Crippen MR) is 108 cm³/mol. The number of nitrogens with zero attached hydrogens (tertiary/aromatic N) is 1. The van der Waals surface area contributed by atoms with E-state index in [0.29, 0.717) is 24.8 Å². The Morgan fingerprint density at radius 3 is 2.53 bits per heavy atom. The number of likely N-dealkylation sites (tertiary alicyclic amines) is 1. The van der Waals surface area contributed by atoms with Gasteiger partial charge in [0.25, 0.3) is 5.91 Å². The first-order valence-electron chi connectivity index (χ1n) is 10.1. The van der Waals surface area contributed by atoms with Gasteiger partial charge in [-0.15, -0.1) is 0 Å². The van der Waals surface area contributed by atoms with E-state index >= 15 is 0 Å². The first-order chi connectivity index (χ1) is 14.6. The number of carbonyl (C=O) groups excluding carboxylic acids is 1. The Hall–Kier alpha value is -3.15. The van der Waals surface area contributed by atoms with Crippen molar-refractivity contribution in [2.75, 3.05) is 13.1 Å². The molecule has 1 aliphatic rings. The summed E-state index contributed by atoms with van der Waals surface area (Å²) < 4.78 is 37.5. The van der Waals surface area contributed by atoms with Gasteiger partial charge in [-0.3, -0.25) is 4.79 Å². The van der Waals surface area contributed by atoms with E-state index in [4.69, 9.17) is 9.15 Å². The second kappa shape index (κ2) is 9.11. The van der Waals surface area contributed by atoms with E-state index in [-0.39, 0.29) is 24.0 Å². The molecule has 3 aromatic rings. The third-order valence-electron chi connectivity index (χ3n) is 5.41. The van der Waals surface area contributed by atoms with Crippen LogP contribution in [0.3, 0.4) is 0 Å². The van der Waals surface area contributed by atoms with Crippen molar-refractivity contribution in [2.45, 2.75) is 25.9 Å². The Labute approximate surface area is 174 Å². The normalized spacial score (nSPS) is 14.7. The van der Waals surface area contributed by atoms with E-state index in [0.717, 1.165) is 31.4 Å². The average Bonchev–Trinajstić information content (AvgIpc) is 3.23. The molecule has 2 aromatic carbocycles. The van der Waals surface area contributed by atoms with Gasteiger partial charge in [0.2, 0.25) is 0 Å². The van der Waals surface area contributed by atoms with Crippen LogP contribution in [-0.2, 0) is 13.0 Å².